The van der Waals surface area contributed by atoms with Crippen molar-refractivity contribution >= 4 is 5.57 Å². The van der Waals surface area contributed by atoms with Gasteiger partial charge in [-0.25, -0.2) is 0 Å². The number of likely N-dealkylation sites (tertiary alicyclic amines) is 1. The fraction of sp³-hybridized carbons (Fsp3) is 0.487. The van der Waals surface area contributed by atoms with Crippen LogP contribution in [0.2, 0.25) is 0 Å². The minimum atomic E-state index is -0.367. The maximum absolute atomic E-state index is 11.1. The minimum Gasteiger partial charge on any atom is -0.494 e. The summed E-state index contributed by atoms with van der Waals surface area (Å²) in [4.78, 5) is 2.59. The normalized spacial score (nSPS) is 14.6. The predicted molar refractivity (Wildman–Crippen MR) is 178 cm³/mol. The lowest BCUT2D eigenvalue weighted by molar-refractivity contribution is 0.152. The van der Waals surface area contributed by atoms with Crippen molar-refractivity contribution in [2.24, 2.45) is 0 Å². The molecule has 1 saturated heterocycles. The number of benzene rings is 3. The number of unbranched alkanes of at least 4 members (excludes halogenated alkanes) is 5. The molecule has 3 aromatic rings. The minimum absolute atomic E-state index is 0.367. The first-order chi connectivity index (χ1) is 20.7. The third-order valence-electron chi connectivity index (χ3n) is 8.68. The number of ether oxygens (including phenoxy) is 1. The molecule has 0 saturated carbocycles. The summed E-state index contributed by atoms with van der Waals surface area (Å²) in [6.45, 7) is 8.45. The van der Waals surface area contributed by atoms with Crippen molar-refractivity contribution in [3.63, 3.8) is 0 Å². The fourth-order valence-electron chi connectivity index (χ4n) is 6.25. The third-order valence-corrected chi connectivity index (χ3v) is 8.68. The molecule has 0 spiro atoms. The van der Waals surface area contributed by atoms with Crippen molar-refractivity contribution in [2.45, 2.75) is 97.0 Å². The van der Waals surface area contributed by atoms with E-state index in [1.165, 1.54) is 66.4 Å². The highest BCUT2D eigenvalue weighted by atomic mass is 16.5. The number of aliphatic hydroxyl groups is 1. The van der Waals surface area contributed by atoms with E-state index in [1.54, 1.807) is 0 Å². The molecule has 0 aromatic heterocycles. The Morgan fingerprint density at radius 1 is 0.762 bits per heavy atom. The number of hydrogen-bond acceptors (Lipinski definition) is 3. The summed E-state index contributed by atoms with van der Waals surface area (Å²) in [5.74, 6) is 0.969. The lowest BCUT2D eigenvalue weighted by Gasteiger charge is -2.30. The van der Waals surface area contributed by atoms with Crippen LogP contribution in [0.4, 0.5) is 0 Å². The van der Waals surface area contributed by atoms with Crippen molar-refractivity contribution in [1.29, 1.82) is 0 Å². The maximum atomic E-state index is 11.1. The Hall–Kier alpha value is -2.88. The Kier molecular flexibility index (Phi) is 13.7. The lowest BCUT2D eigenvalue weighted by atomic mass is 9.88. The largest absolute Gasteiger partial charge is 0.494 e. The standard InChI is InChI=1S/C39H53NO2/c1-3-5-7-9-17-32-18-12-13-23-37(32)38(41)24-16-27-40-28-25-34(26-29-40)39(33-19-10-8-11-20-33)35-21-15-22-36(31-35)42-30-14-6-4-2/h8,10-13,15,18-23,31,38,41H,3-7,9,14,16-17,24-30H2,1-2H3. The van der Waals surface area contributed by atoms with Crippen LogP contribution in [0.3, 0.4) is 0 Å². The second kappa shape index (κ2) is 17.9. The number of rotatable bonds is 17. The summed E-state index contributed by atoms with van der Waals surface area (Å²) < 4.78 is 6.12. The van der Waals surface area contributed by atoms with Gasteiger partial charge in [0, 0.05) is 13.1 Å². The molecule has 4 rings (SSSR count). The van der Waals surface area contributed by atoms with Crippen LogP contribution < -0.4 is 4.74 Å². The summed E-state index contributed by atoms with van der Waals surface area (Å²) in [6, 6.07) is 28.1. The second-order valence-electron chi connectivity index (χ2n) is 11.9. The second-order valence-corrected chi connectivity index (χ2v) is 11.9. The third kappa shape index (κ3) is 9.85. The Labute approximate surface area is 255 Å². The van der Waals surface area contributed by atoms with Gasteiger partial charge in [-0.15, -0.1) is 0 Å². The monoisotopic (exact) mass is 567 g/mol. The van der Waals surface area contributed by atoms with Crippen LogP contribution >= 0.6 is 0 Å². The van der Waals surface area contributed by atoms with E-state index in [1.807, 2.05) is 0 Å². The zero-order valence-corrected chi connectivity index (χ0v) is 26.2. The maximum Gasteiger partial charge on any atom is 0.119 e. The number of hydrogen-bond donors (Lipinski definition) is 1. The first-order valence-corrected chi connectivity index (χ1v) is 16.7. The van der Waals surface area contributed by atoms with E-state index < -0.39 is 0 Å². The van der Waals surface area contributed by atoms with Crippen LogP contribution in [-0.2, 0) is 6.42 Å². The fourth-order valence-corrected chi connectivity index (χ4v) is 6.25. The lowest BCUT2D eigenvalue weighted by Crippen LogP contribution is -2.32. The van der Waals surface area contributed by atoms with Crippen molar-refractivity contribution in [3.8, 4) is 5.75 Å². The van der Waals surface area contributed by atoms with Crippen molar-refractivity contribution in [3.05, 3.63) is 107 Å². The number of aryl methyl sites for hydroxylation is 1. The van der Waals surface area contributed by atoms with E-state index in [4.69, 9.17) is 4.74 Å². The van der Waals surface area contributed by atoms with Crippen LogP contribution in [0, 0.1) is 0 Å². The van der Waals surface area contributed by atoms with Gasteiger partial charge in [0.2, 0.25) is 0 Å². The zero-order chi connectivity index (χ0) is 29.4. The van der Waals surface area contributed by atoms with E-state index in [9.17, 15) is 5.11 Å². The molecular formula is C39H53NO2. The SMILES string of the molecule is CCCCCCc1ccccc1C(O)CCCN1CCC(=C(c2ccccc2)c2cccc(OCCCCC)c2)CC1. The molecule has 1 aliphatic rings. The van der Waals surface area contributed by atoms with Gasteiger partial charge in [-0.1, -0.05) is 118 Å². The first kappa shape index (κ1) is 32.0. The number of nitrogens with zero attached hydrogens (tertiary/aromatic N) is 1. The van der Waals surface area contributed by atoms with Crippen molar-refractivity contribution in [1.82, 2.24) is 4.90 Å². The van der Waals surface area contributed by atoms with Crippen LogP contribution in [0.5, 0.6) is 5.75 Å². The molecule has 1 N–H and O–H groups in total. The van der Waals surface area contributed by atoms with Gasteiger partial charge in [-0.3, -0.25) is 0 Å². The molecule has 0 radical (unpaired) electrons. The van der Waals surface area contributed by atoms with Gasteiger partial charge in [0.25, 0.3) is 0 Å². The van der Waals surface area contributed by atoms with E-state index in [-0.39, 0.29) is 6.10 Å². The van der Waals surface area contributed by atoms with Gasteiger partial charge >= 0.3 is 0 Å². The Morgan fingerprint density at radius 2 is 1.48 bits per heavy atom. The van der Waals surface area contributed by atoms with Crippen LogP contribution in [0.15, 0.2) is 84.4 Å². The molecule has 42 heavy (non-hydrogen) atoms. The summed E-state index contributed by atoms with van der Waals surface area (Å²) in [5.41, 5.74) is 7.94. The molecule has 0 amide bonds. The van der Waals surface area contributed by atoms with Crippen molar-refractivity contribution in [2.75, 3.05) is 26.2 Å². The average Bonchev–Trinajstić information content (AvgIpc) is 3.03. The molecule has 3 heteroatoms. The van der Waals surface area contributed by atoms with Crippen LogP contribution in [0.25, 0.3) is 5.57 Å². The summed E-state index contributed by atoms with van der Waals surface area (Å²) in [6.07, 6.45) is 13.3. The van der Waals surface area contributed by atoms with E-state index in [0.29, 0.717) is 0 Å². The summed E-state index contributed by atoms with van der Waals surface area (Å²) in [5, 5.41) is 11.1. The number of aliphatic hydroxyl groups excluding tert-OH is 1. The highest BCUT2D eigenvalue weighted by Gasteiger charge is 2.20. The highest BCUT2D eigenvalue weighted by Crippen LogP contribution is 2.34. The Bertz CT molecular complexity index is 1210. The van der Waals surface area contributed by atoms with Crippen LogP contribution in [0.1, 0.15) is 113 Å². The predicted octanol–water partition coefficient (Wildman–Crippen LogP) is 9.79. The topological polar surface area (TPSA) is 32.7 Å². The quantitative estimate of drug-likeness (QED) is 0.165. The van der Waals surface area contributed by atoms with Gasteiger partial charge in [0.1, 0.15) is 5.75 Å². The van der Waals surface area contributed by atoms with Gasteiger partial charge < -0.3 is 14.7 Å². The van der Waals surface area contributed by atoms with Crippen molar-refractivity contribution < 1.29 is 9.84 Å². The van der Waals surface area contributed by atoms with Gasteiger partial charge in [0.15, 0.2) is 0 Å². The van der Waals surface area contributed by atoms with Gasteiger partial charge in [0.05, 0.1) is 12.7 Å². The molecule has 0 aliphatic carbocycles. The molecule has 0 bridgehead atoms. The highest BCUT2D eigenvalue weighted by molar-refractivity contribution is 5.82. The molecule has 3 nitrogen and oxygen atoms in total. The molecule has 1 fully saturated rings. The molecule has 1 heterocycles. The smallest absolute Gasteiger partial charge is 0.119 e. The molecule has 3 aromatic carbocycles. The van der Waals surface area contributed by atoms with E-state index in [0.717, 1.165) is 76.1 Å². The average molecular weight is 568 g/mol. The summed E-state index contributed by atoms with van der Waals surface area (Å²) >= 11 is 0. The molecule has 1 atom stereocenters. The molecule has 1 unspecified atom stereocenters. The molecule has 226 valence electrons. The summed E-state index contributed by atoms with van der Waals surface area (Å²) in [7, 11) is 0. The zero-order valence-electron chi connectivity index (χ0n) is 26.2. The van der Waals surface area contributed by atoms with E-state index >= 15 is 0 Å². The van der Waals surface area contributed by atoms with E-state index in [2.05, 4.69) is 97.6 Å². The molecule has 1 aliphatic heterocycles. The Morgan fingerprint density at radius 3 is 2.26 bits per heavy atom. The number of piperidine rings is 1. The Balaban J connectivity index is 1.35. The van der Waals surface area contributed by atoms with Gasteiger partial charge in [-0.05, 0) is 91.5 Å². The molecular weight excluding hydrogens is 514 g/mol. The van der Waals surface area contributed by atoms with Gasteiger partial charge in [-0.2, -0.15) is 0 Å². The first-order valence-electron chi connectivity index (χ1n) is 16.7. The van der Waals surface area contributed by atoms with Crippen LogP contribution in [-0.4, -0.2) is 36.2 Å².